The predicted molar refractivity (Wildman–Crippen MR) is 78.6 cm³/mol. The monoisotopic (exact) mass is 277 g/mol. The van der Waals surface area contributed by atoms with Crippen molar-refractivity contribution < 1.29 is 4.52 Å². The molecular formula is C16H27N3O. The van der Waals surface area contributed by atoms with E-state index in [1.54, 1.807) is 0 Å². The van der Waals surface area contributed by atoms with Crippen LogP contribution in [-0.2, 0) is 0 Å². The maximum absolute atomic E-state index is 5.51. The fourth-order valence-electron chi connectivity index (χ4n) is 3.52. The molecule has 1 atom stereocenters. The van der Waals surface area contributed by atoms with Gasteiger partial charge in [-0.15, -0.1) is 0 Å². The summed E-state index contributed by atoms with van der Waals surface area (Å²) in [6.07, 6.45) is 14.4. The fourth-order valence-corrected chi connectivity index (χ4v) is 3.52. The molecule has 2 aliphatic rings. The van der Waals surface area contributed by atoms with E-state index >= 15 is 0 Å². The average molecular weight is 277 g/mol. The molecule has 0 amide bonds. The Balaban J connectivity index is 1.62. The average Bonchev–Trinajstić information content (AvgIpc) is 3.15. The van der Waals surface area contributed by atoms with Gasteiger partial charge in [-0.05, 0) is 32.2 Å². The highest BCUT2D eigenvalue weighted by Crippen LogP contribution is 2.30. The van der Waals surface area contributed by atoms with Gasteiger partial charge in [0.2, 0.25) is 5.89 Å². The second kappa shape index (κ2) is 7.21. The van der Waals surface area contributed by atoms with Crippen LogP contribution in [0.1, 0.15) is 94.3 Å². The quantitative estimate of drug-likeness (QED) is 0.884. The first-order valence-corrected chi connectivity index (χ1v) is 8.50. The first kappa shape index (κ1) is 14.1. The number of nitrogens with one attached hydrogen (secondary N) is 1. The Hall–Kier alpha value is -0.900. The van der Waals surface area contributed by atoms with Gasteiger partial charge in [-0.2, -0.15) is 4.98 Å². The molecule has 4 heteroatoms. The topological polar surface area (TPSA) is 51.0 Å². The van der Waals surface area contributed by atoms with Crippen LogP contribution in [0.25, 0.3) is 0 Å². The van der Waals surface area contributed by atoms with Crippen molar-refractivity contribution in [1.82, 2.24) is 15.5 Å². The minimum Gasteiger partial charge on any atom is -0.338 e. The summed E-state index contributed by atoms with van der Waals surface area (Å²) in [7, 11) is 0. The van der Waals surface area contributed by atoms with E-state index in [1.165, 1.54) is 64.2 Å². The highest BCUT2D eigenvalue weighted by molar-refractivity contribution is 5.00. The second-order valence-corrected chi connectivity index (χ2v) is 6.39. The summed E-state index contributed by atoms with van der Waals surface area (Å²) >= 11 is 0. The van der Waals surface area contributed by atoms with Gasteiger partial charge >= 0.3 is 0 Å². The minimum atomic E-state index is 0.302. The Labute approximate surface area is 121 Å². The van der Waals surface area contributed by atoms with Gasteiger partial charge in [-0.1, -0.05) is 50.1 Å². The molecule has 0 aromatic carbocycles. The fraction of sp³-hybridized carbons (Fsp3) is 0.875. The van der Waals surface area contributed by atoms with Crippen LogP contribution in [0.2, 0.25) is 0 Å². The Morgan fingerprint density at radius 1 is 0.850 bits per heavy atom. The highest BCUT2D eigenvalue weighted by Gasteiger charge is 2.25. The lowest BCUT2D eigenvalue weighted by Crippen LogP contribution is -2.13. The zero-order valence-corrected chi connectivity index (χ0v) is 12.4. The van der Waals surface area contributed by atoms with Gasteiger partial charge in [-0.25, -0.2) is 0 Å². The molecule has 1 unspecified atom stereocenters. The molecule has 0 radical (unpaired) electrons. The van der Waals surface area contributed by atoms with Crippen molar-refractivity contribution >= 4 is 0 Å². The van der Waals surface area contributed by atoms with E-state index in [0.717, 1.165) is 24.7 Å². The van der Waals surface area contributed by atoms with Crippen LogP contribution in [0.3, 0.4) is 0 Å². The van der Waals surface area contributed by atoms with Crippen molar-refractivity contribution in [2.75, 3.05) is 6.54 Å². The molecule has 1 N–H and O–H groups in total. The zero-order chi connectivity index (χ0) is 13.6. The van der Waals surface area contributed by atoms with Gasteiger partial charge in [0.15, 0.2) is 5.82 Å². The minimum absolute atomic E-state index is 0.302. The van der Waals surface area contributed by atoms with Crippen molar-refractivity contribution in [2.45, 2.75) is 82.6 Å². The van der Waals surface area contributed by atoms with E-state index in [9.17, 15) is 0 Å². The largest absolute Gasteiger partial charge is 0.338 e. The van der Waals surface area contributed by atoms with E-state index in [-0.39, 0.29) is 0 Å². The molecule has 1 saturated heterocycles. The smallest absolute Gasteiger partial charge is 0.243 e. The molecule has 1 aromatic rings. The molecule has 2 heterocycles. The summed E-state index contributed by atoms with van der Waals surface area (Å²) in [6.45, 7) is 1.08. The molecule has 0 spiro atoms. The number of rotatable bonds is 2. The maximum atomic E-state index is 5.51. The summed E-state index contributed by atoms with van der Waals surface area (Å²) in [6, 6.07) is 0.302. The van der Waals surface area contributed by atoms with Gasteiger partial charge in [0.1, 0.15) is 0 Å². The van der Waals surface area contributed by atoms with Gasteiger partial charge < -0.3 is 9.84 Å². The summed E-state index contributed by atoms with van der Waals surface area (Å²) < 4.78 is 5.51. The highest BCUT2D eigenvalue weighted by atomic mass is 16.5. The molecule has 0 bridgehead atoms. The first-order valence-electron chi connectivity index (χ1n) is 8.50. The summed E-state index contributed by atoms with van der Waals surface area (Å²) in [5.74, 6) is 2.30. The number of hydrogen-bond donors (Lipinski definition) is 1. The third kappa shape index (κ3) is 3.60. The molecule has 1 aliphatic heterocycles. The molecule has 3 rings (SSSR count). The van der Waals surface area contributed by atoms with Crippen LogP contribution >= 0.6 is 0 Å². The molecule has 4 nitrogen and oxygen atoms in total. The molecule has 1 saturated carbocycles. The third-order valence-corrected chi connectivity index (χ3v) is 4.79. The number of hydrogen-bond acceptors (Lipinski definition) is 4. The van der Waals surface area contributed by atoms with Crippen LogP contribution in [0.5, 0.6) is 0 Å². The zero-order valence-electron chi connectivity index (χ0n) is 12.4. The van der Waals surface area contributed by atoms with E-state index in [4.69, 9.17) is 9.51 Å². The van der Waals surface area contributed by atoms with Crippen LogP contribution in [0.4, 0.5) is 0 Å². The second-order valence-electron chi connectivity index (χ2n) is 6.39. The summed E-state index contributed by atoms with van der Waals surface area (Å²) in [4.78, 5) is 4.70. The Kier molecular flexibility index (Phi) is 5.06. The van der Waals surface area contributed by atoms with Crippen molar-refractivity contribution in [3.05, 3.63) is 11.7 Å². The van der Waals surface area contributed by atoms with E-state index < -0.39 is 0 Å². The predicted octanol–water partition coefficient (Wildman–Crippen LogP) is 4.10. The SMILES string of the molecule is C1CCCCC(c2noc(C3CCCN3)n2)CCCC1. The lowest BCUT2D eigenvalue weighted by molar-refractivity contribution is 0.336. The van der Waals surface area contributed by atoms with E-state index in [0.29, 0.717) is 12.0 Å². The van der Waals surface area contributed by atoms with Crippen molar-refractivity contribution in [2.24, 2.45) is 0 Å². The van der Waals surface area contributed by atoms with Crippen molar-refractivity contribution in [1.29, 1.82) is 0 Å². The molecule has 1 aromatic heterocycles. The molecule has 1 aliphatic carbocycles. The van der Waals surface area contributed by atoms with Crippen LogP contribution in [0.15, 0.2) is 4.52 Å². The van der Waals surface area contributed by atoms with Gasteiger partial charge in [0, 0.05) is 5.92 Å². The first-order chi connectivity index (χ1) is 9.93. The van der Waals surface area contributed by atoms with Crippen molar-refractivity contribution in [3.63, 3.8) is 0 Å². The van der Waals surface area contributed by atoms with Crippen LogP contribution in [0, 0.1) is 0 Å². The number of aromatic nitrogens is 2. The number of nitrogens with zero attached hydrogens (tertiary/aromatic N) is 2. The molecule has 20 heavy (non-hydrogen) atoms. The third-order valence-electron chi connectivity index (χ3n) is 4.79. The lowest BCUT2D eigenvalue weighted by Gasteiger charge is -2.14. The van der Waals surface area contributed by atoms with Crippen molar-refractivity contribution in [3.8, 4) is 0 Å². The Bertz CT molecular complexity index is 388. The normalized spacial score (nSPS) is 26.7. The standard InChI is InChI=1S/C16H27N3O/c1-2-4-6-9-13(10-7-5-3-1)15-18-16(20-19-15)14-11-8-12-17-14/h13-14,17H,1-12H2. The van der Waals surface area contributed by atoms with Crippen LogP contribution in [-0.4, -0.2) is 16.7 Å². The molecular weight excluding hydrogens is 250 g/mol. The maximum Gasteiger partial charge on any atom is 0.243 e. The summed E-state index contributed by atoms with van der Waals surface area (Å²) in [5, 5.41) is 7.72. The lowest BCUT2D eigenvalue weighted by atomic mass is 9.92. The molecule has 112 valence electrons. The van der Waals surface area contributed by atoms with E-state index in [2.05, 4.69) is 10.5 Å². The van der Waals surface area contributed by atoms with E-state index in [1.807, 2.05) is 0 Å². The van der Waals surface area contributed by atoms with Crippen LogP contribution < -0.4 is 5.32 Å². The Morgan fingerprint density at radius 3 is 2.20 bits per heavy atom. The summed E-state index contributed by atoms with van der Waals surface area (Å²) in [5.41, 5.74) is 0. The van der Waals surface area contributed by atoms with Gasteiger partial charge in [0.25, 0.3) is 0 Å². The molecule has 2 fully saturated rings. The Morgan fingerprint density at radius 2 is 1.55 bits per heavy atom. The van der Waals surface area contributed by atoms with Gasteiger partial charge in [0.05, 0.1) is 6.04 Å². The van der Waals surface area contributed by atoms with Gasteiger partial charge in [-0.3, -0.25) is 0 Å².